The molecule has 30 heavy (non-hydrogen) atoms. The number of halogens is 1. The molecule has 0 radical (unpaired) electrons. The molecule has 1 fully saturated rings. The number of carbonyl (C=O) groups is 2. The first-order chi connectivity index (χ1) is 14.3. The normalized spacial score (nSPS) is 23.3. The maximum Gasteiger partial charge on any atom is 0.285 e. The molecule has 2 unspecified atom stereocenters. The van der Waals surface area contributed by atoms with Crippen LogP contribution in [0.1, 0.15) is 39.6 Å². The molecule has 6 nitrogen and oxygen atoms in total. The van der Waals surface area contributed by atoms with Crippen LogP contribution in [0.5, 0.6) is 5.75 Å². The van der Waals surface area contributed by atoms with Gasteiger partial charge in [0.2, 0.25) is 0 Å². The molecule has 0 spiro atoms. The first-order valence-electron chi connectivity index (χ1n) is 9.94. The lowest BCUT2D eigenvalue weighted by Gasteiger charge is -2.20. The van der Waals surface area contributed by atoms with Crippen molar-refractivity contribution in [1.82, 2.24) is 4.90 Å². The maximum atomic E-state index is 13.2. The molecule has 0 aliphatic carbocycles. The predicted octanol–water partition coefficient (Wildman–Crippen LogP) is 3.82. The summed E-state index contributed by atoms with van der Waals surface area (Å²) < 4.78 is 22.9. The number of benzene rings is 2. The van der Waals surface area contributed by atoms with Gasteiger partial charge in [0.25, 0.3) is 11.8 Å². The highest BCUT2D eigenvalue weighted by atomic mass is 35.5. The third-order valence-electron chi connectivity index (χ3n) is 5.32. The van der Waals surface area contributed by atoms with Gasteiger partial charge in [-0.05, 0) is 55.3 Å². The van der Waals surface area contributed by atoms with E-state index in [1.807, 2.05) is 19.1 Å². The van der Waals surface area contributed by atoms with Crippen LogP contribution in [-0.4, -0.2) is 51.6 Å². The van der Waals surface area contributed by atoms with Crippen molar-refractivity contribution in [3.8, 4) is 5.75 Å². The smallest absolute Gasteiger partial charge is 0.285 e. The Morgan fingerprint density at radius 3 is 2.77 bits per heavy atom. The van der Waals surface area contributed by atoms with Crippen molar-refractivity contribution in [3.05, 3.63) is 64.2 Å². The number of hydrogen-bond donors (Lipinski definition) is 0. The van der Waals surface area contributed by atoms with Crippen molar-refractivity contribution in [2.24, 2.45) is 4.36 Å². The Morgan fingerprint density at radius 2 is 1.97 bits per heavy atom. The number of amides is 2. The fourth-order valence-electron chi connectivity index (χ4n) is 3.80. The van der Waals surface area contributed by atoms with Gasteiger partial charge in [0.1, 0.15) is 11.9 Å². The van der Waals surface area contributed by atoms with E-state index in [1.165, 1.54) is 6.07 Å². The van der Waals surface area contributed by atoms with Crippen LogP contribution in [0.2, 0.25) is 5.02 Å². The number of rotatable bonds is 2. The highest BCUT2D eigenvalue weighted by Gasteiger charge is 2.26. The molecule has 158 valence electrons. The zero-order chi connectivity index (χ0) is 21.3. The lowest BCUT2D eigenvalue weighted by atomic mass is 10.1. The van der Waals surface area contributed by atoms with Gasteiger partial charge in [-0.2, -0.15) is 4.36 Å². The average Bonchev–Trinajstić information content (AvgIpc) is 2.98. The predicted molar refractivity (Wildman–Crippen MR) is 117 cm³/mol. The van der Waals surface area contributed by atoms with Gasteiger partial charge in [-0.3, -0.25) is 9.59 Å². The SMILES string of the molecule is CC1Cc2cc(C(=O)N3CCCS(=O)(=NC(=O)c4cccc(Cl)c4)CC3)ccc2O1. The third-order valence-corrected chi connectivity index (χ3v) is 7.80. The van der Waals surface area contributed by atoms with Crippen molar-refractivity contribution in [2.75, 3.05) is 24.6 Å². The van der Waals surface area contributed by atoms with E-state index in [1.54, 1.807) is 29.2 Å². The van der Waals surface area contributed by atoms with Crippen LogP contribution in [0.15, 0.2) is 46.8 Å². The summed E-state index contributed by atoms with van der Waals surface area (Å²) in [5.41, 5.74) is 1.96. The molecule has 4 rings (SSSR count). The molecule has 2 aliphatic heterocycles. The summed E-state index contributed by atoms with van der Waals surface area (Å²) >= 11 is 5.93. The quantitative estimate of drug-likeness (QED) is 0.702. The lowest BCUT2D eigenvalue weighted by Crippen LogP contribution is -2.33. The fourth-order valence-corrected chi connectivity index (χ4v) is 5.88. The lowest BCUT2D eigenvalue weighted by molar-refractivity contribution is 0.0768. The van der Waals surface area contributed by atoms with E-state index >= 15 is 0 Å². The van der Waals surface area contributed by atoms with Crippen LogP contribution in [0.3, 0.4) is 0 Å². The van der Waals surface area contributed by atoms with Crippen LogP contribution < -0.4 is 4.74 Å². The van der Waals surface area contributed by atoms with Gasteiger partial charge in [0.05, 0.1) is 9.73 Å². The van der Waals surface area contributed by atoms with E-state index in [9.17, 15) is 13.8 Å². The van der Waals surface area contributed by atoms with Crippen LogP contribution in [-0.2, 0) is 16.1 Å². The van der Waals surface area contributed by atoms with E-state index in [-0.39, 0.29) is 17.8 Å². The summed E-state index contributed by atoms with van der Waals surface area (Å²) in [6.07, 6.45) is 1.43. The van der Waals surface area contributed by atoms with E-state index < -0.39 is 15.6 Å². The molecule has 0 aromatic heterocycles. The standard InChI is InChI=1S/C22H23ClN2O4S/c1-15-12-18-13-17(6-7-20(18)29-15)22(27)25-8-3-10-30(28,11-9-25)24-21(26)16-4-2-5-19(23)14-16/h2,4-7,13-15H,3,8-12H2,1H3. The second-order valence-electron chi connectivity index (χ2n) is 7.69. The van der Waals surface area contributed by atoms with Crippen molar-refractivity contribution >= 4 is 33.1 Å². The molecule has 2 aromatic rings. The summed E-state index contributed by atoms with van der Waals surface area (Å²) in [6, 6.07) is 11.9. The van der Waals surface area contributed by atoms with Gasteiger partial charge in [0.15, 0.2) is 0 Å². The minimum atomic E-state index is -2.73. The van der Waals surface area contributed by atoms with Gasteiger partial charge in [-0.15, -0.1) is 0 Å². The van der Waals surface area contributed by atoms with E-state index in [0.29, 0.717) is 41.4 Å². The Kier molecular flexibility index (Phi) is 5.84. The Hall–Kier alpha value is -2.38. The summed E-state index contributed by atoms with van der Waals surface area (Å²) in [5.74, 6) is 0.669. The van der Waals surface area contributed by atoms with Gasteiger partial charge in [-0.1, -0.05) is 17.7 Å². The molecule has 2 aromatic carbocycles. The minimum Gasteiger partial charge on any atom is -0.490 e. The highest BCUT2D eigenvalue weighted by molar-refractivity contribution is 7.93. The molecule has 0 bridgehead atoms. The van der Waals surface area contributed by atoms with Crippen LogP contribution >= 0.6 is 11.6 Å². The van der Waals surface area contributed by atoms with Crippen molar-refractivity contribution in [1.29, 1.82) is 0 Å². The van der Waals surface area contributed by atoms with Crippen LogP contribution in [0, 0.1) is 0 Å². The molecule has 0 N–H and O–H groups in total. The first-order valence-corrected chi connectivity index (χ1v) is 12.2. The molecule has 2 amide bonds. The summed E-state index contributed by atoms with van der Waals surface area (Å²) in [6.45, 7) is 2.79. The second kappa shape index (κ2) is 8.40. The molecule has 1 saturated heterocycles. The van der Waals surface area contributed by atoms with E-state index in [2.05, 4.69) is 4.36 Å². The Labute approximate surface area is 181 Å². The molecule has 2 heterocycles. The molecule has 2 aliphatic rings. The monoisotopic (exact) mass is 446 g/mol. The van der Waals surface area contributed by atoms with Crippen LogP contribution in [0.25, 0.3) is 0 Å². The van der Waals surface area contributed by atoms with Gasteiger partial charge in [-0.25, -0.2) is 4.21 Å². The molecule has 0 saturated carbocycles. The summed E-state index contributed by atoms with van der Waals surface area (Å²) in [4.78, 5) is 27.2. The fraction of sp³-hybridized carbons (Fsp3) is 0.364. The van der Waals surface area contributed by atoms with E-state index in [4.69, 9.17) is 16.3 Å². The summed E-state index contributed by atoms with van der Waals surface area (Å²) in [7, 11) is -2.73. The largest absolute Gasteiger partial charge is 0.490 e. The number of ether oxygens (including phenoxy) is 1. The zero-order valence-corrected chi connectivity index (χ0v) is 18.2. The van der Waals surface area contributed by atoms with Gasteiger partial charge < -0.3 is 9.64 Å². The van der Waals surface area contributed by atoms with Crippen LogP contribution in [0.4, 0.5) is 0 Å². The Balaban J connectivity index is 1.48. The van der Waals surface area contributed by atoms with Crippen molar-refractivity contribution < 1.29 is 18.5 Å². The number of carbonyl (C=O) groups excluding carboxylic acids is 2. The Bertz CT molecular complexity index is 1120. The molecular formula is C22H23ClN2O4S. The van der Waals surface area contributed by atoms with E-state index in [0.717, 1.165) is 17.7 Å². The molecular weight excluding hydrogens is 424 g/mol. The van der Waals surface area contributed by atoms with Crippen molar-refractivity contribution in [2.45, 2.75) is 25.9 Å². The topological polar surface area (TPSA) is 76.0 Å². The van der Waals surface area contributed by atoms with Gasteiger partial charge in [0, 0.05) is 47.2 Å². The molecule has 8 heteroatoms. The maximum absolute atomic E-state index is 13.2. The molecule has 2 atom stereocenters. The third kappa shape index (κ3) is 4.52. The highest BCUT2D eigenvalue weighted by Crippen LogP contribution is 2.30. The number of nitrogens with zero attached hydrogens (tertiary/aromatic N) is 2. The zero-order valence-electron chi connectivity index (χ0n) is 16.7. The average molecular weight is 447 g/mol. The summed E-state index contributed by atoms with van der Waals surface area (Å²) in [5, 5.41) is 0.428. The number of fused-ring (bicyclic) bond motifs is 1. The van der Waals surface area contributed by atoms with Gasteiger partial charge >= 0.3 is 0 Å². The van der Waals surface area contributed by atoms with Crippen molar-refractivity contribution in [3.63, 3.8) is 0 Å². The Morgan fingerprint density at radius 1 is 1.13 bits per heavy atom. The number of hydrogen-bond acceptors (Lipinski definition) is 4. The second-order valence-corrected chi connectivity index (χ2v) is 10.7. The first kappa shape index (κ1) is 20.9. The minimum absolute atomic E-state index is 0.0952.